The molecule has 1 atom stereocenters. The number of urea groups is 1. The van der Waals surface area contributed by atoms with Gasteiger partial charge >= 0.3 is 6.03 Å². The second-order valence-electron chi connectivity index (χ2n) is 9.01. The van der Waals surface area contributed by atoms with Crippen LogP contribution < -0.4 is 14.8 Å². The molecule has 0 bridgehead atoms. The van der Waals surface area contributed by atoms with Gasteiger partial charge in [-0.1, -0.05) is 18.6 Å². The Morgan fingerprint density at radius 2 is 1.97 bits per heavy atom. The minimum absolute atomic E-state index is 0.0489. The van der Waals surface area contributed by atoms with Crippen molar-refractivity contribution < 1.29 is 22.7 Å². The number of amides is 3. The Labute approximate surface area is 183 Å². The van der Waals surface area contributed by atoms with Crippen LogP contribution in [0.3, 0.4) is 0 Å². The molecule has 2 N–H and O–H groups in total. The van der Waals surface area contributed by atoms with Crippen LogP contribution in [0.5, 0.6) is 5.75 Å². The maximum Gasteiger partial charge on any atom is 0.324 e. The molecule has 0 unspecified atom stereocenters. The van der Waals surface area contributed by atoms with Gasteiger partial charge in [0.25, 0.3) is 5.91 Å². The Kier molecular flexibility index (Phi) is 6.25. The number of sulfonamides is 1. The first-order chi connectivity index (χ1) is 14.8. The van der Waals surface area contributed by atoms with Gasteiger partial charge in [-0.2, -0.15) is 0 Å². The summed E-state index contributed by atoms with van der Waals surface area (Å²) in [5.41, 5.74) is 0.448. The third kappa shape index (κ3) is 5.57. The molecule has 4 rings (SSSR count). The van der Waals surface area contributed by atoms with Gasteiger partial charge in [0.2, 0.25) is 10.0 Å². The van der Waals surface area contributed by atoms with Crippen molar-refractivity contribution in [2.75, 3.05) is 18.9 Å². The Morgan fingerprint density at radius 1 is 1.19 bits per heavy atom. The molecule has 9 heteroatoms. The standard InChI is InChI=1S/C22H31N3O5S/c1-16-20(26)23-21(27)25(16)12-3-2-4-13-31(28,29)24-22(10-11-22)18-6-5-7-19(14-18)30-15-17-8-9-17/h5-7,14,16-17,24H,2-4,8-13,15H2,1H3,(H,23,26,27)/t16-/m0/s1. The zero-order valence-electron chi connectivity index (χ0n) is 17.9. The number of hydrogen-bond acceptors (Lipinski definition) is 5. The van der Waals surface area contributed by atoms with E-state index in [-0.39, 0.29) is 17.7 Å². The number of imide groups is 1. The van der Waals surface area contributed by atoms with Gasteiger partial charge in [0.15, 0.2) is 0 Å². The van der Waals surface area contributed by atoms with Crippen LogP contribution in [0.4, 0.5) is 4.79 Å². The van der Waals surface area contributed by atoms with Crippen molar-refractivity contribution in [1.29, 1.82) is 0 Å². The highest BCUT2D eigenvalue weighted by Gasteiger charge is 2.47. The Hall–Kier alpha value is -2.13. The van der Waals surface area contributed by atoms with Crippen molar-refractivity contribution in [3.63, 3.8) is 0 Å². The van der Waals surface area contributed by atoms with Crippen molar-refractivity contribution in [2.24, 2.45) is 5.92 Å². The summed E-state index contributed by atoms with van der Waals surface area (Å²) in [6, 6.07) is 6.94. The van der Waals surface area contributed by atoms with Crippen LogP contribution in [0, 0.1) is 5.92 Å². The summed E-state index contributed by atoms with van der Waals surface area (Å²) >= 11 is 0. The van der Waals surface area contributed by atoms with E-state index in [1.54, 1.807) is 6.92 Å². The quantitative estimate of drug-likeness (QED) is 0.377. The second-order valence-corrected chi connectivity index (χ2v) is 10.9. The predicted octanol–water partition coefficient (Wildman–Crippen LogP) is 2.49. The Morgan fingerprint density at radius 3 is 2.61 bits per heavy atom. The van der Waals surface area contributed by atoms with Crippen molar-refractivity contribution >= 4 is 22.0 Å². The van der Waals surface area contributed by atoms with E-state index >= 15 is 0 Å². The number of nitrogens with zero attached hydrogens (tertiary/aromatic N) is 1. The Balaban J connectivity index is 1.23. The van der Waals surface area contributed by atoms with Crippen LogP contribution in [0.2, 0.25) is 0 Å². The lowest BCUT2D eigenvalue weighted by atomic mass is 10.1. The highest BCUT2D eigenvalue weighted by molar-refractivity contribution is 7.89. The highest BCUT2D eigenvalue weighted by Crippen LogP contribution is 2.47. The first-order valence-electron chi connectivity index (χ1n) is 11.1. The molecule has 1 aromatic rings. The van der Waals surface area contributed by atoms with Crippen LogP contribution in [0.15, 0.2) is 24.3 Å². The van der Waals surface area contributed by atoms with Gasteiger partial charge in [-0.05, 0) is 69.1 Å². The average molecular weight is 450 g/mol. The fourth-order valence-electron chi connectivity index (χ4n) is 3.95. The summed E-state index contributed by atoms with van der Waals surface area (Å²) in [7, 11) is -3.42. The van der Waals surface area contributed by atoms with Crippen LogP contribution in [-0.2, 0) is 20.4 Å². The Bertz CT molecular complexity index is 940. The monoisotopic (exact) mass is 449 g/mol. The normalized spacial score (nSPS) is 22.5. The van der Waals surface area contributed by atoms with Gasteiger partial charge in [0.05, 0.1) is 17.9 Å². The fraction of sp³-hybridized carbons (Fsp3) is 0.636. The van der Waals surface area contributed by atoms with E-state index in [1.807, 2.05) is 24.3 Å². The minimum Gasteiger partial charge on any atom is -0.493 e. The number of benzene rings is 1. The van der Waals surface area contributed by atoms with Gasteiger partial charge in [-0.15, -0.1) is 0 Å². The molecule has 1 heterocycles. The van der Waals surface area contributed by atoms with Crippen molar-refractivity contribution in [3.8, 4) is 5.75 Å². The van der Waals surface area contributed by atoms with Gasteiger partial charge < -0.3 is 9.64 Å². The minimum atomic E-state index is -3.42. The lowest BCUT2D eigenvalue weighted by Gasteiger charge is -2.20. The van der Waals surface area contributed by atoms with E-state index in [4.69, 9.17) is 4.74 Å². The molecule has 31 heavy (non-hydrogen) atoms. The number of nitrogens with one attached hydrogen (secondary N) is 2. The van der Waals surface area contributed by atoms with Gasteiger partial charge in [0, 0.05) is 6.54 Å². The summed E-state index contributed by atoms with van der Waals surface area (Å²) in [6.45, 7) is 2.87. The summed E-state index contributed by atoms with van der Waals surface area (Å²) in [4.78, 5) is 24.7. The van der Waals surface area contributed by atoms with Crippen LogP contribution in [0.1, 0.15) is 57.4 Å². The van der Waals surface area contributed by atoms with Crippen molar-refractivity contribution in [1.82, 2.24) is 14.9 Å². The third-order valence-electron chi connectivity index (χ3n) is 6.32. The molecular weight excluding hydrogens is 418 g/mol. The molecule has 0 spiro atoms. The molecule has 1 aliphatic heterocycles. The van der Waals surface area contributed by atoms with Crippen LogP contribution >= 0.6 is 0 Å². The van der Waals surface area contributed by atoms with E-state index in [0.29, 0.717) is 31.7 Å². The SMILES string of the molecule is C[C@H]1C(=O)NC(=O)N1CCCCCS(=O)(=O)NC1(c2cccc(OCC3CC3)c2)CC1. The molecule has 2 saturated carbocycles. The molecule has 3 aliphatic rings. The molecular formula is C22H31N3O5S. The summed E-state index contributed by atoms with van der Waals surface area (Å²) in [5, 5.41) is 2.28. The number of hydrogen-bond donors (Lipinski definition) is 2. The van der Waals surface area contributed by atoms with Crippen molar-refractivity contribution in [3.05, 3.63) is 29.8 Å². The molecule has 1 aromatic carbocycles. The average Bonchev–Trinajstić information content (AvgIpc) is 3.64. The summed E-state index contributed by atoms with van der Waals surface area (Å²) in [5.74, 6) is 1.23. The smallest absolute Gasteiger partial charge is 0.324 e. The maximum atomic E-state index is 12.7. The molecule has 1 saturated heterocycles. The number of rotatable bonds is 12. The van der Waals surface area contributed by atoms with Crippen molar-refractivity contribution in [2.45, 2.75) is 63.5 Å². The van der Waals surface area contributed by atoms with E-state index < -0.39 is 21.6 Å². The lowest BCUT2D eigenvalue weighted by molar-refractivity contribution is -0.121. The predicted molar refractivity (Wildman–Crippen MR) is 116 cm³/mol. The number of carbonyl (C=O) groups excluding carboxylic acids is 2. The van der Waals surface area contributed by atoms with E-state index in [9.17, 15) is 18.0 Å². The van der Waals surface area contributed by atoms with Crippen LogP contribution in [-0.4, -0.2) is 50.2 Å². The molecule has 2 aliphatic carbocycles. The van der Waals surface area contributed by atoms with Crippen LogP contribution in [0.25, 0.3) is 0 Å². The molecule has 0 radical (unpaired) electrons. The van der Waals surface area contributed by atoms with Gasteiger partial charge in [-0.3, -0.25) is 10.1 Å². The largest absolute Gasteiger partial charge is 0.493 e. The highest BCUT2D eigenvalue weighted by atomic mass is 32.2. The van der Waals surface area contributed by atoms with Gasteiger partial charge in [-0.25, -0.2) is 17.9 Å². The molecule has 8 nitrogen and oxygen atoms in total. The number of unbranched alkanes of at least 4 members (excludes halogenated alkanes) is 2. The van der Waals surface area contributed by atoms with E-state index in [1.165, 1.54) is 17.7 Å². The molecule has 0 aromatic heterocycles. The summed E-state index contributed by atoms with van der Waals surface area (Å²) < 4.78 is 34.1. The first-order valence-corrected chi connectivity index (χ1v) is 12.8. The fourth-order valence-corrected chi connectivity index (χ4v) is 5.55. The third-order valence-corrected chi connectivity index (χ3v) is 7.85. The topological polar surface area (TPSA) is 105 Å². The number of ether oxygens (including phenoxy) is 1. The first kappa shape index (κ1) is 22.1. The van der Waals surface area contributed by atoms with Gasteiger partial charge in [0.1, 0.15) is 11.8 Å². The zero-order chi connectivity index (χ0) is 22.1. The van der Waals surface area contributed by atoms with E-state index in [2.05, 4.69) is 10.0 Å². The lowest BCUT2D eigenvalue weighted by Crippen LogP contribution is -2.36. The molecule has 3 fully saturated rings. The maximum absolute atomic E-state index is 12.7. The number of carbonyl (C=O) groups is 2. The van der Waals surface area contributed by atoms with E-state index in [0.717, 1.165) is 30.8 Å². The molecule has 170 valence electrons. The molecule has 3 amide bonds. The second kappa shape index (κ2) is 8.78. The zero-order valence-corrected chi connectivity index (χ0v) is 18.7. The summed E-state index contributed by atoms with van der Waals surface area (Å²) in [6.07, 6.45) is 5.86.